The summed E-state index contributed by atoms with van der Waals surface area (Å²) >= 11 is 5.84. The molecular weight excluding hydrogens is 194 g/mol. The minimum Gasteiger partial charge on any atom is -0.321 e. The largest absolute Gasteiger partial charge is 0.321 e. The molecule has 78 valence electrons. The molecule has 1 aromatic carbocycles. The van der Waals surface area contributed by atoms with Crippen LogP contribution in [0.15, 0.2) is 24.3 Å². The maximum absolute atomic E-state index is 6.37. The van der Waals surface area contributed by atoms with Gasteiger partial charge in [0.15, 0.2) is 0 Å². The summed E-state index contributed by atoms with van der Waals surface area (Å²) in [6.45, 7) is 6.42. The minimum atomic E-state index is -0.232. The highest BCUT2D eigenvalue weighted by molar-refractivity contribution is 6.30. The SMILES string of the molecule is CCC(N)(c1ccc(Cl)cc1)C(C)C. The first-order chi connectivity index (χ1) is 6.50. The van der Waals surface area contributed by atoms with Crippen molar-refractivity contribution in [2.45, 2.75) is 32.7 Å². The van der Waals surface area contributed by atoms with Gasteiger partial charge in [0.1, 0.15) is 0 Å². The Morgan fingerprint density at radius 3 is 2.14 bits per heavy atom. The van der Waals surface area contributed by atoms with Crippen molar-refractivity contribution in [2.24, 2.45) is 11.7 Å². The highest BCUT2D eigenvalue weighted by atomic mass is 35.5. The first-order valence-electron chi connectivity index (χ1n) is 5.05. The minimum absolute atomic E-state index is 0.232. The van der Waals surface area contributed by atoms with Crippen LogP contribution in [-0.2, 0) is 5.54 Å². The Balaban J connectivity index is 3.06. The third-order valence-electron chi connectivity index (χ3n) is 3.00. The molecule has 0 bridgehead atoms. The van der Waals surface area contributed by atoms with Crippen molar-refractivity contribution in [2.75, 3.05) is 0 Å². The molecule has 2 heteroatoms. The fourth-order valence-electron chi connectivity index (χ4n) is 1.71. The fourth-order valence-corrected chi connectivity index (χ4v) is 1.83. The molecule has 0 spiro atoms. The summed E-state index contributed by atoms with van der Waals surface area (Å²) in [5.41, 5.74) is 7.30. The number of halogens is 1. The smallest absolute Gasteiger partial charge is 0.0430 e. The van der Waals surface area contributed by atoms with Gasteiger partial charge in [0.2, 0.25) is 0 Å². The van der Waals surface area contributed by atoms with E-state index in [0.29, 0.717) is 5.92 Å². The van der Waals surface area contributed by atoms with Gasteiger partial charge in [-0.1, -0.05) is 44.5 Å². The molecule has 0 saturated carbocycles. The Bertz CT molecular complexity index is 292. The zero-order valence-corrected chi connectivity index (χ0v) is 9.81. The fraction of sp³-hybridized carbons (Fsp3) is 0.500. The molecule has 1 atom stereocenters. The van der Waals surface area contributed by atoms with Gasteiger partial charge in [-0.25, -0.2) is 0 Å². The zero-order valence-electron chi connectivity index (χ0n) is 9.05. The lowest BCUT2D eigenvalue weighted by molar-refractivity contribution is 0.306. The van der Waals surface area contributed by atoms with Gasteiger partial charge in [0.25, 0.3) is 0 Å². The van der Waals surface area contributed by atoms with Crippen LogP contribution in [0.5, 0.6) is 0 Å². The van der Waals surface area contributed by atoms with Crippen LogP contribution in [0.1, 0.15) is 32.8 Å². The van der Waals surface area contributed by atoms with Crippen LogP contribution in [-0.4, -0.2) is 0 Å². The molecule has 0 aliphatic heterocycles. The van der Waals surface area contributed by atoms with Crippen molar-refractivity contribution in [1.82, 2.24) is 0 Å². The molecule has 0 aliphatic carbocycles. The molecular formula is C12H18ClN. The van der Waals surface area contributed by atoms with Crippen LogP contribution in [0.3, 0.4) is 0 Å². The number of hydrogen-bond donors (Lipinski definition) is 1. The first-order valence-corrected chi connectivity index (χ1v) is 5.43. The Hall–Kier alpha value is -0.530. The van der Waals surface area contributed by atoms with Crippen LogP contribution < -0.4 is 5.73 Å². The van der Waals surface area contributed by atoms with Crippen LogP contribution >= 0.6 is 11.6 Å². The molecule has 1 rings (SSSR count). The highest BCUT2D eigenvalue weighted by Gasteiger charge is 2.28. The van der Waals surface area contributed by atoms with E-state index in [-0.39, 0.29) is 5.54 Å². The molecule has 0 radical (unpaired) electrons. The summed E-state index contributed by atoms with van der Waals surface area (Å²) in [6, 6.07) is 7.84. The maximum Gasteiger partial charge on any atom is 0.0430 e. The summed E-state index contributed by atoms with van der Waals surface area (Å²) in [6.07, 6.45) is 0.937. The molecule has 0 heterocycles. The van der Waals surface area contributed by atoms with Crippen LogP contribution in [0.25, 0.3) is 0 Å². The first kappa shape index (κ1) is 11.5. The van der Waals surface area contributed by atoms with Gasteiger partial charge in [-0.15, -0.1) is 0 Å². The van der Waals surface area contributed by atoms with E-state index < -0.39 is 0 Å². The monoisotopic (exact) mass is 211 g/mol. The number of rotatable bonds is 3. The zero-order chi connectivity index (χ0) is 10.8. The summed E-state index contributed by atoms with van der Waals surface area (Å²) in [7, 11) is 0. The van der Waals surface area contributed by atoms with Gasteiger partial charge >= 0.3 is 0 Å². The van der Waals surface area contributed by atoms with Crippen LogP contribution in [0.2, 0.25) is 5.02 Å². The normalized spacial score (nSPS) is 15.6. The van der Waals surface area contributed by atoms with Crippen LogP contribution in [0, 0.1) is 5.92 Å². The van der Waals surface area contributed by atoms with Crippen molar-refractivity contribution < 1.29 is 0 Å². The van der Waals surface area contributed by atoms with Crippen molar-refractivity contribution >= 4 is 11.6 Å². The number of hydrogen-bond acceptors (Lipinski definition) is 1. The van der Waals surface area contributed by atoms with Crippen molar-refractivity contribution in [3.63, 3.8) is 0 Å². The molecule has 0 aromatic heterocycles. The Kier molecular flexibility index (Phi) is 3.57. The van der Waals surface area contributed by atoms with E-state index in [9.17, 15) is 0 Å². The third-order valence-corrected chi connectivity index (χ3v) is 3.25. The maximum atomic E-state index is 6.37. The predicted octanol–water partition coefficient (Wildman–Crippen LogP) is 3.56. The van der Waals surface area contributed by atoms with Gasteiger partial charge in [-0.2, -0.15) is 0 Å². The molecule has 1 aromatic rings. The van der Waals surface area contributed by atoms with E-state index >= 15 is 0 Å². The quantitative estimate of drug-likeness (QED) is 0.813. The Morgan fingerprint density at radius 2 is 1.79 bits per heavy atom. The Labute approximate surface area is 91.3 Å². The van der Waals surface area contributed by atoms with Crippen molar-refractivity contribution in [3.8, 4) is 0 Å². The van der Waals surface area contributed by atoms with Gasteiger partial charge in [-0.05, 0) is 30.0 Å². The molecule has 2 N–H and O–H groups in total. The molecule has 1 unspecified atom stereocenters. The molecule has 1 nitrogen and oxygen atoms in total. The summed E-state index contributed by atoms with van der Waals surface area (Å²) in [5, 5.41) is 0.760. The second kappa shape index (κ2) is 4.33. The predicted molar refractivity (Wildman–Crippen MR) is 62.4 cm³/mol. The molecule has 0 amide bonds. The van der Waals surface area contributed by atoms with E-state index in [2.05, 4.69) is 20.8 Å². The van der Waals surface area contributed by atoms with Crippen molar-refractivity contribution in [3.05, 3.63) is 34.9 Å². The average molecular weight is 212 g/mol. The summed E-state index contributed by atoms with van der Waals surface area (Å²) in [4.78, 5) is 0. The lowest BCUT2D eigenvalue weighted by Gasteiger charge is -2.33. The summed E-state index contributed by atoms with van der Waals surface area (Å²) in [5.74, 6) is 0.425. The second-order valence-corrected chi connectivity index (χ2v) is 4.49. The van der Waals surface area contributed by atoms with Gasteiger partial charge in [0, 0.05) is 10.6 Å². The summed E-state index contributed by atoms with van der Waals surface area (Å²) < 4.78 is 0. The lowest BCUT2D eigenvalue weighted by atomic mass is 9.79. The molecule has 0 saturated heterocycles. The van der Waals surface area contributed by atoms with Crippen molar-refractivity contribution in [1.29, 1.82) is 0 Å². The highest BCUT2D eigenvalue weighted by Crippen LogP contribution is 2.30. The molecule has 14 heavy (non-hydrogen) atoms. The number of benzene rings is 1. The van der Waals surface area contributed by atoms with Gasteiger partial charge < -0.3 is 5.73 Å². The van der Waals surface area contributed by atoms with E-state index in [1.54, 1.807) is 0 Å². The van der Waals surface area contributed by atoms with E-state index in [0.717, 1.165) is 11.4 Å². The number of nitrogens with two attached hydrogens (primary N) is 1. The molecule has 0 fully saturated rings. The van der Waals surface area contributed by atoms with E-state index in [1.807, 2.05) is 24.3 Å². The van der Waals surface area contributed by atoms with Gasteiger partial charge in [-0.3, -0.25) is 0 Å². The topological polar surface area (TPSA) is 26.0 Å². The van der Waals surface area contributed by atoms with E-state index in [1.165, 1.54) is 5.56 Å². The second-order valence-electron chi connectivity index (χ2n) is 4.06. The third kappa shape index (κ3) is 2.10. The van der Waals surface area contributed by atoms with Crippen LogP contribution in [0.4, 0.5) is 0 Å². The molecule has 0 aliphatic rings. The van der Waals surface area contributed by atoms with E-state index in [4.69, 9.17) is 17.3 Å². The standard InChI is InChI=1S/C12H18ClN/c1-4-12(14,9(2)3)10-5-7-11(13)8-6-10/h5-9H,4,14H2,1-3H3. The lowest BCUT2D eigenvalue weighted by Crippen LogP contribution is -2.41. The Morgan fingerprint density at radius 1 is 1.29 bits per heavy atom. The van der Waals surface area contributed by atoms with Gasteiger partial charge in [0.05, 0.1) is 0 Å². The average Bonchev–Trinajstić information content (AvgIpc) is 2.17.